The van der Waals surface area contributed by atoms with Crippen LogP contribution in [0.5, 0.6) is 0 Å². The number of nitrogens with one attached hydrogen (secondary N) is 1. The average molecular weight is 270 g/mol. The Balaban J connectivity index is 2.25. The average Bonchev–Trinajstić information content (AvgIpc) is 2.45. The first-order valence-corrected chi connectivity index (χ1v) is 6.61. The zero-order valence-corrected chi connectivity index (χ0v) is 11.7. The zero-order valence-electron chi connectivity index (χ0n) is 11.7. The minimum Gasteiger partial charge on any atom is -0.332 e. The smallest absolute Gasteiger partial charge is 0.254 e. The molecule has 1 N–H and O–H groups in total. The van der Waals surface area contributed by atoms with E-state index in [-0.39, 0.29) is 17.5 Å². The minimum atomic E-state index is -0.265. The molecule has 0 aliphatic rings. The maximum atomic E-state index is 12.5. The quantitative estimate of drug-likeness (QED) is 0.927. The second kappa shape index (κ2) is 6.19. The number of pyridine rings is 1. The fourth-order valence-electron chi connectivity index (χ4n) is 2.01. The predicted molar refractivity (Wildman–Crippen MR) is 78.5 cm³/mol. The second-order valence-electron chi connectivity index (χ2n) is 4.95. The molecule has 2 rings (SSSR count). The lowest BCUT2D eigenvalue weighted by Gasteiger charge is -2.27. The van der Waals surface area contributed by atoms with Crippen molar-refractivity contribution >= 4 is 5.91 Å². The summed E-state index contributed by atoms with van der Waals surface area (Å²) in [6, 6.07) is 12.8. The number of aromatic nitrogens is 1. The molecular weight excluding hydrogens is 252 g/mol. The molecule has 4 nitrogen and oxygen atoms in total. The van der Waals surface area contributed by atoms with Crippen LogP contribution in [-0.4, -0.2) is 21.8 Å². The first kappa shape index (κ1) is 14.1. The largest absolute Gasteiger partial charge is 0.332 e. The number of hydrogen-bond acceptors (Lipinski definition) is 2. The summed E-state index contributed by atoms with van der Waals surface area (Å²) in [5, 5.41) is 0. The molecule has 0 atom stereocenters. The summed E-state index contributed by atoms with van der Waals surface area (Å²) in [5.41, 5.74) is 1.22. The van der Waals surface area contributed by atoms with Gasteiger partial charge in [-0.15, -0.1) is 0 Å². The highest BCUT2D eigenvalue weighted by Gasteiger charge is 2.19. The molecular formula is C16H18N2O2. The monoisotopic (exact) mass is 270 g/mol. The van der Waals surface area contributed by atoms with Crippen LogP contribution in [0, 0.1) is 0 Å². The molecule has 0 spiro atoms. The van der Waals surface area contributed by atoms with Gasteiger partial charge in [-0.2, -0.15) is 0 Å². The molecule has 0 aliphatic heterocycles. The van der Waals surface area contributed by atoms with Crippen molar-refractivity contribution < 1.29 is 4.79 Å². The Morgan fingerprint density at radius 3 is 2.50 bits per heavy atom. The van der Waals surface area contributed by atoms with E-state index in [9.17, 15) is 9.59 Å². The Hall–Kier alpha value is -2.36. The molecule has 0 radical (unpaired) electrons. The van der Waals surface area contributed by atoms with Gasteiger partial charge in [-0.1, -0.05) is 30.3 Å². The van der Waals surface area contributed by atoms with Crippen molar-refractivity contribution in [1.82, 2.24) is 9.88 Å². The van der Waals surface area contributed by atoms with Crippen LogP contribution >= 0.6 is 0 Å². The highest BCUT2D eigenvalue weighted by atomic mass is 16.2. The van der Waals surface area contributed by atoms with Crippen LogP contribution in [0.2, 0.25) is 0 Å². The summed E-state index contributed by atoms with van der Waals surface area (Å²) in [6.45, 7) is 4.46. The lowest BCUT2D eigenvalue weighted by molar-refractivity contribution is 0.0690. The molecule has 4 heteroatoms. The maximum absolute atomic E-state index is 12.5. The molecule has 0 unspecified atom stereocenters. The van der Waals surface area contributed by atoms with Gasteiger partial charge in [0.1, 0.15) is 0 Å². The fourth-order valence-corrected chi connectivity index (χ4v) is 2.01. The van der Waals surface area contributed by atoms with E-state index in [1.807, 2.05) is 44.2 Å². The summed E-state index contributed by atoms with van der Waals surface area (Å²) in [7, 11) is 0. The van der Waals surface area contributed by atoms with Crippen molar-refractivity contribution in [2.24, 2.45) is 0 Å². The van der Waals surface area contributed by atoms with E-state index in [0.29, 0.717) is 12.1 Å². The number of nitrogens with zero attached hydrogens (tertiary/aromatic N) is 1. The number of carbonyl (C=O) groups is 1. The summed E-state index contributed by atoms with van der Waals surface area (Å²) in [5.74, 6) is -0.130. The van der Waals surface area contributed by atoms with Crippen LogP contribution in [0.3, 0.4) is 0 Å². The maximum Gasteiger partial charge on any atom is 0.254 e. The molecule has 1 amide bonds. The van der Waals surface area contributed by atoms with Gasteiger partial charge in [0.15, 0.2) is 0 Å². The van der Waals surface area contributed by atoms with Crippen molar-refractivity contribution in [3.05, 3.63) is 70.1 Å². The number of benzene rings is 1. The molecule has 1 aromatic heterocycles. The molecule has 0 aliphatic carbocycles. The highest BCUT2D eigenvalue weighted by molar-refractivity contribution is 5.94. The van der Waals surface area contributed by atoms with Crippen LogP contribution in [-0.2, 0) is 6.54 Å². The van der Waals surface area contributed by atoms with Gasteiger partial charge in [0.25, 0.3) is 5.91 Å². The van der Waals surface area contributed by atoms with E-state index in [1.54, 1.807) is 11.0 Å². The predicted octanol–water partition coefficient (Wildman–Crippen LogP) is 2.43. The third-order valence-electron chi connectivity index (χ3n) is 3.10. The van der Waals surface area contributed by atoms with Crippen molar-refractivity contribution in [1.29, 1.82) is 0 Å². The van der Waals surface area contributed by atoms with E-state index in [2.05, 4.69) is 4.98 Å². The molecule has 0 bridgehead atoms. The van der Waals surface area contributed by atoms with Gasteiger partial charge in [0.05, 0.1) is 0 Å². The van der Waals surface area contributed by atoms with Crippen molar-refractivity contribution in [2.75, 3.05) is 0 Å². The van der Waals surface area contributed by atoms with E-state index < -0.39 is 0 Å². The number of carbonyl (C=O) groups excluding carboxylic acids is 1. The summed E-state index contributed by atoms with van der Waals surface area (Å²) in [4.78, 5) is 28.1. The van der Waals surface area contributed by atoms with Crippen molar-refractivity contribution in [3.63, 3.8) is 0 Å². The lowest BCUT2D eigenvalue weighted by atomic mass is 10.1. The second-order valence-corrected chi connectivity index (χ2v) is 4.95. The van der Waals surface area contributed by atoms with Crippen molar-refractivity contribution in [2.45, 2.75) is 26.4 Å². The van der Waals surface area contributed by atoms with Crippen LogP contribution in [0.4, 0.5) is 0 Å². The number of hydrogen-bond donors (Lipinski definition) is 1. The normalized spacial score (nSPS) is 10.6. The Bertz CT molecular complexity index is 632. The zero-order chi connectivity index (χ0) is 14.5. The third kappa shape index (κ3) is 3.35. The Labute approximate surface area is 118 Å². The molecule has 1 heterocycles. The number of rotatable bonds is 4. The number of H-pyrrole nitrogens is 1. The SMILES string of the molecule is CC(C)N(Cc1ccccc1)C(=O)c1cc[nH]c(=O)c1. The van der Waals surface area contributed by atoms with E-state index in [0.717, 1.165) is 5.56 Å². The van der Waals surface area contributed by atoms with Gasteiger partial charge < -0.3 is 9.88 Å². The third-order valence-corrected chi connectivity index (χ3v) is 3.10. The summed E-state index contributed by atoms with van der Waals surface area (Å²) in [6.07, 6.45) is 1.50. The van der Waals surface area contributed by atoms with Crippen LogP contribution < -0.4 is 5.56 Å². The minimum absolute atomic E-state index is 0.0574. The summed E-state index contributed by atoms with van der Waals surface area (Å²) < 4.78 is 0. The van der Waals surface area contributed by atoms with E-state index in [4.69, 9.17) is 0 Å². The molecule has 2 aromatic rings. The van der Waals surface area contributed by atoms with Crippen LogP contribution in [0.1, 0.15) is 29.8 Å². The van der Waals surface area contributed by atoms with Gasteiger partial charge in [0, 0.05) is 30.4 Å². The van der Waals surface area contributed by atoms with E-state index in [1.165, 1.54) is 12.3 Å². The van der Waals surface area contributed by atoms with Crippen LogP contribution in [0.25, 0.3) is 0 Å². The highest BCUT2D eigenvalue weighted by Crippen LogP contribution is 2.12. The van der Waals surface area contributed by atoms with E-state index >= 15 is 0 Å². The number of amides is 1. The van der Waals surface area contributed by atoms with Gasteiger partial charge in [0.2, 0.25) is 5.56 Å². The van der Waals surface area contributed by atoms with Crippen molar-refractivity contribution in [3.8, 4) is 0 Å². The molecule has 0 saturated carbocycles. The van der Waals surface area contributed by atoms with Gasteiger partial charge in [-0.05, 0) is 25.5 Å². The number of aromatic amines is 1. The Morgan fingerprint density at radius 2 is 1.90 bits per heavy atom. The molecule has 20 heavy (non-hydrogen) atoms. The Kier molecular flexibility index (Phi) is 4.35. The topological polar surface area (TPSA) is 53.2 Å². The molecule has 1 aromatic carbocycles. The summed E-state index contributed by atoms with van der Waals surface area (Å²) >= 11 is 0. The first-order chi connectivity index (χ1) is 9.58. The van der Waals surface area contributed by atoms with Gasteiger partial charge in [-0.25, -0.2) is 0 Å². The fraction of sp³-hybridized carbons (Fsp3) is 0.250. The standard InChI is InChI=1S/C16H18N2O2/c1-12(2)18(11-13-6-4-3-5-7-13)16(20)14-8-9-17-15(19)10-14/h3-10,12H,11H2,1-2H3,(H,17,19). The lowest BCUT2D eigenvalue weighted by Crippen LogP contribution is -2.36. The molecule has 0 fully saturated rings. The van der Waals surface area contributed by atoms with Gasteiger partial charge >= 0.3 is 0 Å². The Morgan fingerprint density at radius 1 is 1.20 bits per heavy atom. The molecule has 0 saturated heterocycles. The molecule has 104 valence electrons. The first-order valence-electron chi connectivity index (χ1n) is 6.61. The van der Waals surface area contributed by atoms with Gasteiger partial charge in [-0.3, -0.25) is 9.59 Å². The van der Waals surface area contributed by atoms with Crippen LogP contribution in [0.15, 0.2) is 53.5 Å².